The van der Waals surface area contributed by atoms with Crippen molar-refractivity contribution in [3.05, 3.63) is 78.0 Å². The highest BCUT2D eigenvalue weighted by atomic mass is 28.3. The smallest absolute Gasteiger partial charge is 0.253 e. The van der Waals surface area contributed by atoms with Crippen molar-refractivity contribution in [1.29, 1.82) is 0 Å². The van der Waals surface area contributed by atoms with Crippen molar-refractivity contribution < 1.29 is 19.1 Å². The number of methoxy groups -OCH3 is 1. The van der Waals surface area contributed by atoms with E-state index in [1.807, 2.05) is 24.3 Å². The van der Waals surface area contributed by atoms with Crippen LogP contribution in [0.15, 0.2) is 66.9 Å². The number of carbonyl (C=O) groups is 3. The third-order valence-electron chi connectivity index (χ3n) is 5.33. The predicted octanol–water partition coefficient (Wildman–Crippen LogP) is 3.70. The fraction of sp³-hybridized carbons (Fsp3) is 0.231. The molecular formula is C26H30N4O4Si. The molecule has 1 unspecified atom stereocenters. The molecule has 182 valence electrons. The van der Waals surface area contributed by atoms with E-state index in [1.165, 1.54) is 30.4 Å². The van der Waals surface area contributed by atoms with Crippen LogP contribution < -0.4 is 25.9 Å². The first-order valence-corrected chi connectivity index (χ1v) is 14.7. The number of aromatic nitrogens is 1. The minimum absolute atomic E-state index is 0.255. The van der Waals surface area contributed by atoms with E-state index in [0.717, 1.165) is 0 Å². The van der Waals surface area contributed by atoms with E-state index in [0.29, 0.717) is 22.8 Å². The van der Waals surface area contributed by atoms with Crippen LogP contribution in [0.4, 0.5) is 11.5 Å². The highest BCUT2D eigenvalue weighted by Crippen LogP contribution is 2.21. The minimum atomic E-state index is -1.46. The minimum Gasteiger partial charge on any atom is -0.497 e. The molecule has 0 aliphatic rings. The summed E-state index contributed by atoms with van der Waals surface area (Å²) in [4.78, 5) is 41.5. The standard InChI is InChI=1S/C26H30N4O4Si/c1-17(31)28-23-15-8-19(16-27-23)25(32)30-24(18-6-11-21(34-2)12-7-18)26(33)29-20-9-13-22(14-10-20)35(3,4)5/h6-16,24H,1-5H3,(H,29,33)(H,30,32)(H,27,28,31). The van der Waals surface area contributed by atoms with Crippen LogP contribution in [0.25, 0.3) is 0 Å². The quantitative estimate of drug-likeness (QED) is 0.417. The van der Waals surface area contributed by atoms with Crippen LogP contribution in [0.2, 0.25) is 19.6 Å². The summed E-state index contributed by atoms with van der Waals surface area (Å²) < 4.78 is 5.21. The molecule has 9 heteroatoms. The highest BCUT2D eigenvalue weighted by Gasteiger charge is 2.24. The number of amides is 3. The van der Waals surface area contributed by atoms with Gasteiger partial charge in [-0.1, -0.05) is 49.1 Å². The Balaban J connectivity index is 1.82. The molecule has 1 aromatic heterocycles. The van der Waals surface area contributed by atoms with E-state index in [9.17, 15) is 14.4 Å². The van der Waals surface area contributed by atoms with Gasteiger partial charge in [0.05, 0.1) is 20.7 Å². The number of ether oxygens (including phenoxy) is 1. The predicted molar refractivity (Wildman–Crippen MR) is 140 cm³/mol. The van der Waals surface area contributed by atoms with Crippen molar-refractivity contribution in [3.8, 4) is 5.75 Å². The van der Waals surface area contributed by atoms with Gasteiger partial charge in [0, 0.05) is 18.8 Å². The average Bonchev–Trinajstić information content (AvgIpc) is 2.82. The maximum atomic E-state index is 13.3. The second-order valence-electron chi connectivity index (χ2n) is 9.11. The van der Waals surface area contributed by atoms with E-state index >= 15 is 0 Å². The Bertz CT molecular complexity index is 1190. The SMILES string of the molecule is COc1ccc(C(NC(=O)c2ccc(NC(C)=O)nc2)C(=O)Nc2ccc([Si](C)(C)C)cc2)cc1. The summed E-state index contributed by atoms with van der Waals surface area (Å²) in [5.74, 6) is -0.146. The van der Waals surface area contributed by atoms with E-state index in [2.05, 4.69) is 40.6 Å². The molecule has 3 N–H and O–H groups in total. The first-order chi connectivity index (χ1) is 16.6. The number of pyridine rings is 1. The molecule has 0 spiro atoms. The van der Waals surface area contributed by atoms with E-state index in [-0.39, 0.29) is 17.4 Å². The van der Waals surface area contributed by atoms with Crippen LogP contribution in [0, 0.1) is 0 Å². The number of nitrogens with zero attached hydrogens (tertiary/aromatic N) is 1. The number of nitrogens with one attached hydrogen (secondary N) is 3. The van der Waals surface area contributed by atoms with Crippen molar-refractivity contribution in [2.75, 3.05) is 17.7 Å². The lowest BCUT2D eigenvalue weighted by atomic mass is 10.0. The summed E-state index contributed by atoms with van der Waals surface area (Å²) in [6.07, 6.45) is 1.35. The zero-order chi connectivity index (χ0) is 25.6. The second-order valence-corrected chi connectivity index (χ2v) is 14.2. The molecule has 0 aliphatic carbocycles. The normalized spacial score (nSPS) is 11.8. The Morgan fingerprint density at radius 3 is 2.06 bits per heavy atom. The number of hydrogen-bond donors (Lipinski definition) is 3. The van der Waals surface area contributed by atoms with E-state index in [4.69, 9.17) is 4.74 Å². The summed E-state index contributed by atoms with van der Waals surface area (Å²) >= 11 is 0. The summed E-state index contributed by atoms with van der Waals surface area (Å²) in [6, 6.07) is 16.8. The van der Waals surface area contributed by atoms with Crippen LogP contribution in [-0.2, 0) is 9.59 Å². The molecule has 0 saturated heterocycles. The van der Waals surface area contributed by atoms with Gasteiger partial charge in [-0.05, 0) is 42.0 Å². The monoisotopic (exact) mass is 490 g/mol. The summed E-state index contributed by atoms with van der Waals surface area (Å²) in [7, 11) is 0.0953. The third-order valence-corrected chi connectivity index (χ3v) is 7.40. The molecule has 3 aromatic rings. The zero-order valence-corrected chi connectivity index (χ0v) is 21.5. The van der Waals surface area contributed by atoms with Crippen molar-refractivity contribution in [2.45, 2.75) is 32.6 Å². The lowest BCUT2D eigenvalue weighted by Crippen LogP contribution is -2.38. The summed E-state index contributed by atoms with van der Waals surface area (Å²) in [6.45, 7) is 8.15. The van der Waals surface area contributed by atoms with Gasteiger partial charge < -0.3 is 20.7 Å². The van der Waals surface area contributed by atoms with Crippen LogP contribution in [0.5, 0.6) is 5.75 Å². The van der Waals surface area contributed by atoms with Crippen molar-refractivity contribution in [2.24, 2.45) is 0 Å². The average molecular weight is 491 g/mol. The first-order valence-electron chi connectivity index (χ1n) is 11.2. The van der Waals surface area contributed by atoms with Crippen molar-refractivity contribution >= 4 is 42.5 Å². The largest absolute Gasteiger partial charge is 0.497 e. The van der Waals surface area contributed by atoms with Gasteiger partial charge in [0.15, 0.2) is 0 Å². The van der Waals surface area contributed by atoms with Gasteiger partial charge in [-0.3, -0.25) is 14.4 Å². The molecule has 1 heterocycles. The van der Waals surface area contributed by atoms with Gasteiger partial charge in [-0.15, -0.1) is 0 Å². The van der Waals surface area contributed by atoms with Crippen LogP contribution in [-0.4, -0.2) is 37.9 Å². The number of carbonyl (C=O) groups excluding carboxylic acids is 3. The van der Waals surface area contributed by atoms with Crippen molar-refractivity contribution in [1.82, 2.24) is 10.3 Å². The molecule has 1 atom stereocenters. The third kappa shape index (κ3) is 7.00. The molecule has 0 bridgehead atoms. The molecule has 8 nitrogen and oxygen atoms in total. The molecular weight excluding hydrogens is 460 g/mol. The Hall–Kier alpha value is -3.98. The van der Waals surface area contributed by atoms with Crippen LogP contribution in [0.1, 0.15) is 28.9 Å². The molecule has 35 heavy (non-hydrogen) atoms. The molecule has 2 aromatic carbocycles. The summed E-state index contributed by atoms with van der Waals surface area (Å²) in [5, 5.41) is 9.53. The maximum Gasteiger partial charge on any atom is 0.253 e. The molecule has 0 fully saturated rings. The number of rotatable bonds is 8. The Kier molecular flexibility index (Phi) is 8.03. The lowest BCUT2D eigenvalue weighted by molar-refractivity contribution is -0.118. The molecule has 3 rings (SSSR count). The Morgan fingerprint density at radius 1 is 0.886 bits per heavy atom. The Morgan fingerprint density at radius 2 is 1.54 bits per heavy atom. The number of anilines is 2. The van der Waals surface area contributed by atoms with E-state index in [1.54, 1.807) is 31.4 Å². The zero-order valence-electron chi connectivity index (χ0n) is 20.5. The maximum absolute atomic E-state index is 13.3. The molecule has 0 saturated carbocycles. The van der Waals surface area contributed by atoms with Gasteiger partial charge in [-0.2, -0.15) is 0 Å². The van der Waals surface area contributed by atoms with Crippen LogP contribution >= 0.6 is 0 Å². The molecule has 3 amide bonds. The van der Waals surface area contributed by atoms with Gasteiger partial charge in [-0.25, -0.2) is 4.98 Å². The van der Waals surface area contributed by atoms with Crippen LogP contribution in [0.3, 0.4) is 0 Å². The van der Waals surface area contributed by atoms with Gasteiger partial charge in [0.25, 0.3) is 11.8 Å². The molecule has 0 radical (unpaired) electrons. The van der Waals surface area contributed by atoms with Gasteiger partial charge >= 0.3 is 0 Å². The fourth-order valence-corrected chi connectivity index (χ4v) is 4.53. The van der Waals surface area contributed by atoms with Gasteiger partial charge in [0.1, 0.15) is 17.6 Å². The fourth-order valence-electron chi connectivity index (χ4n) is 3.36. The highest BCUT2D eigenvalue weighted by molar-refractivity contribution is 6.88. The first kappa shape index (κ1) is 25.6. The lowest BCUT2D eigenvalue weighted by Gasteiger charge is -2.20. The Labute approximate surface area is 206 Å². The molecule has 0 aliphatic heterocycles. The van der Waals surface area contributed by atoms with E-state index < -0.39 is 20.0 Å². The number of hydrogen-bond acceptors (Lipinski definition) is 5. The second kappa shape index (κ2) is 11.0. The van der Waals surface area contributed by atoms with Crippen molar-refractivity contribution in [3.63, 3.8) is 0 Å². The van der Waals surface area contributed by atoms with Gasteiger partial charge in [0.2, 0.25) is 5.91 Å². The summed E-state index contributed by atoms with van der Waals surface area (Å²) in [5.41, 5.74) is 1.49. The topological polar surface area (TPSA) is 109 Å². The number of benzene rings is 2.